The summed E-state index contributed by atoms with van der Waals surface area (Å²) in [7, 11) is 0. The lowest BCUT2D eigenvalue weighted by Crippen LogP contribution is -2.50. The van der Waals surface area contributed by atoms with Crippen molar-refractivity contribution >= 4 is 11.9 Å². The van der Waals surface area contributed by atoms with Crippen LogP contribution in [0.3, 0.4) is 0 Å². The molecule has 0 radical (unpaired) electrons. The first kappa shape index (κ1) is 20.7. The second-order valence-corrected chi connectivity index (χ2v) is 6.90. The summed E-state index contributed by atoms with van der Waals surface area (Å²) in [5.74, 6) is -1.26. The Balaban J connectivity index is 2.76. The van der Waals surface area contributed by atoms with Gasteiger partial charge in [-0.2, -0.15) is 5.26 Å². The van der Waals surface area contributed by atoms with E-state index < -0.39 is 23.3 Å². The molecular weight excluding hydrogens is 316 g/mol. The van der Waals surface area contributed by atoms with Crippen LogP contribution in [-0.4, -0.2) is 24.0 Å². The van der Waals surface area contributed by atoms with E-state index >= 15 is 0 Å². The number of nitriles is 1. The molecule has 1 aromatic carbocycles. The highest BCUT2D eigenvalue weighted by molar-refractivity contribution is 5.84. The summed E-state index contributed by atoms with van der Waals surface area (Å²) in [6.07, 6.45) is 0.820. The fraction of sp³-hybridized carbons (Fsp3) is 0.550. The zero-order chi connectivity index (χ0) is 19.0. The molecule has 0 fully saturated rings. The first-order valence-electron chi connectivity index (χ1n) is 8.69. The molecule has 1 N–H and O–H groups in total. The van der Waals surface area contributed by atoms with Crippen LogP contribution in [0.1, 0.15) is 52.5 Å². The van der Waals surface area contributed by atoms with E-state index in [2.05, 4.69) is 11.4 Å². The van der Waals surface area contributed by atoms with Crippen LogP contribution in [0, 0.1) is 23.2 Å². The van der Waals surface area contributed by atoms with Gasteiger partial charge in [0, 0.05) is 0 Å². The number of carbonyl (C=O) groups excluding carboxylic acids is 2. The van der Waals surface area contributed by atoms with Crippen molar-refractivity contribution in [3.05, 3.63) is 35.9 Å². The summed E-state index contributed by atoms with van der Waals surface area (Å²) in [6.45, 7) is 8.98. The third kappa shape index (κ3) is 5.60. The highest BCUT2D eigenvalue weighted by atomic mass is 16.5. The Hall–Kier alpha value is -2.35. The summed E-state index contributed by atoms with van der Waals surface area (Å²) in [6, 6.07) is 11.5. The topological polar surface area (TPSA) is 79.2 Å². The molecule has 1 rings (SSSR count). The third-order valence-electron chi connectivity index (χ3n) is 4.76. The van der Waals surface area contributed by atoms with Crippen molar-refractivity contribution in [3.8, 4) is 6.07 Å². The van der Waals surface area contributed by atoms with E-state index in [0.717, 1.165) is 12.0 Å². The summed E-state index contributed by atoms with van der Waals surface area (Å²) >= 11 is 0. The van der Waals surface area contributed by atoms with E-state index in [1.54, 1.807) is 6.92 Å². The van der Waals surface area contributed by atoms with Gasteiger partial charge in [0.25, 0.3) is 5.91 Å². The van der Waals surface area contributed by atoms with Crippen LogP contribution in [0.2, 0.25) is 0 Å². The minimum atomic E-state index is -0.987. The maximum atomic E-state index is 12.6. The molecule has 1 amide bonds. The maximum absolute atomic E-state index is 12.6. The number of nitrogens with zero attached hydrogens (tertiary/aromatic N) is 1. The summed E-state index contributed by atoms with van der Waals surface area (Å²) in [5, 5.41) is 11.9. The largest absolute Gasteiger partial charge is 0.455 e. The fourth-order valence-electron chi connectivity index (χ4n) is 2.45. The van der Waals surface area contributed by atoms with E-state index in [1.165, 1.54) is 0 Å². The van der Waals surface area contributed by atoms with E-state index in [-0.39, 0.29) is 18.4 Å². The van der Waals surface area contributed by atoms with Crippen LogP contribution in [0.5, 0.6) is 0 Å². The van der Waals surface area contributed by atoms with Gasteiger partial charge in [-0.25, -0.2) is 0 Å². The predicted octanol–water partition coefficient (Wildman–Crippen LogP) is 3.41. The molecule has 0 aromatic heterocycles. The fourth-order valence-corrected chi connectivity index (χ4v) is 2.45. The standard InChI is InChI=1S/C20H28N2O3/c1-6-15(4)18(16-10-8-7-9-11-16)19(24)25-12-17(23)22-20(5,13-21)14(2)3/h7-11,14-15,18H,6,12H2,1-5H3,(H,22,23)/t15-,18-,20-/m0/s1. The molecule has 0 bridgehead atoms. The Morgan fingerprint density at radius 1 is 1.24 bits per heavy atom. The van der Waals surface area contributed by atoms with Gasteiger partial charge in [-0.05, 0) is 24.3 Å². The molecule has 5 heteroatoms. The normalized spacial score (nSPS) is 15.6. The number of ether oxygens (including phenoxy) is 1. The maximum Gasteiger partial charge on any atom is 0.314 e. The average Bonchev–Trinajstić information content (AvgIpc) is 2.60. The predicted molar refractivity (Wildman–Crippen MR) is 96.6 cm³/mol. The Kier molecular flexibility index (Phi) is 7.63. The minimum absolute atomic E-state index is 0.0608. The zero-order valence-electron chi connectivity index (χ0n) is 15.7. The average molecular weight is 344 g/mol. The van der Waals surface area contributed by atoms with Crippen molar-refractivity contribution in [2.24, 2.45) is 11.8 Å². The van der Waals surface area contributed by atoms with E-state index in [9.17, 15) is 14.9 Å². The SMILES string of the molecule is CC[C@H](C)[C@H](C(=O)OCC(=O)N[C@@](C)(C#N)C(C)C)c1ccccc1. The number of benzene rings is 1. The van der Waals surface area contributed by atoms with Gasteiger partial charge in [-0.15, -0.1) is 0 Å². The van der Waals surface area contributed by atoms with Gasteiger partial charge in [0.1, 0.15) is 5.54 Å². The Labute approximate surface area is 150 Å². The molecule has 0 aliphatic heterocycles. The molecule has 0 heterocycles. The highest BCUT2D eigenvalue weighted by Gasteiger charge is 2.31. The van der Waals surface area contributed by atoms with Gasteiger partial charge in [0.05, 0.1) is 12.0 Å². The zero-order valence-corrected chi connectivity index (χ0v) is 15.7. The smallest absolute Gasteiger partial charge is 0.314 e. The lowest BCUT2D eigenvalue weighted by molar-refractivity contribution is -0.151. The molecule has 0 saturated heterocycles. The van der Waals surface area contributed by atoms with Crippen LogP contribution in [0.15, 0.2) is 30.3 Å². The van der Waals surface area contributed by atoms with E-state index in [0.29, 0.717) is 0 Å². The van der Waals surface area contributed by atoms with E-state index in [4.69, 9.17) is 4.74 Å². The first-order valence-corrected chi connectivity index (χ1v) is 8.69. The van der Waals surface area contributed by atoms with Crippen molar-refractivity contribution in [2.45, 2.75) is 52.5 Å². The molecule has 0 aliphatic rings. The molecule has 3 atom stereocenters. The molecule has 0 unspecified atom stereocenters. The van der Waals surface area contributed by atoms with Crippen molar-refractivity contribution in [1.82, 2.24) is 5.32 Å². The van der Waals surface area contributed by atoms with Gasteiger partial charge in [-0.1, -0.05) is 64.4 Å². The quantitative estimate of drug-likeness (QED) is 0.733. The minimum Gasteiger partial charge on any atom is -0.455 e. The van der Waals surface area contributed by atoms with Crippen LogP contribution in [-0.2, 0) is 14.3 Å². The van der Waals surface area contributed by atoms with Crippen molar-refractivity contribution in [3.63, 3.8) is 0 Å². The number of hydrogen-bond donors (Lipinski definition) is 1. The molecule has 5 nitrogen and oxygen atoms in total. The van der Waals surface area contributed by atoms with Crippen LogP contribution >= 0.6 is 0 Å². The third-order valence-corrected chi connectivity index (χ3v) is 4.76. The van der Waals surface area contributed by atoms with Crippen LogP contribution in [0.4, 0.5) is 0 Å². The van der Waals surface area contributed by atoms with Crippen LogP contribution in [0.25, 0.3) is 0 Å². The second kappa shape index (κ2) is 9.22. The van der Waals surface area contributed by atoms with Gasteiger partial charge >= 0.3 is 5.97 Å². The summed E-state index contributed by atoms with van der Waals surface area (Å²) in [5.41, 5.74) is -0.106. The Morgan fingerprint density at radius 2 is 1.84 bits per heavy atom. The Morgan fingerprint density at radius 3 is 2.32 bits per heavy atom. The molecule has 0 aliphatic carbocycles. The monoisotopic (exact) mass is 344 g/mol. The summed E-state index contributed by atoms with van der Waals surface area (Å²) < 4.78 is 5.25. The molecule has 136 valence electrons. The van der Waals surface area contributed by atoms with Gasteiger partial charge in [0.2, 0.25) is 0 Å². The molecule has 0 saturated carbocycles. The molecule has 0 spiro atoms. The van der Waals surface area contributed by atoms with Gasteiger partial charge in [-0.3, -0.25) is 9.59 Å². The lowest BCUT2D eigenvalue weighted by atomic mass is 9.86. The van der Waals surface area contributed by atoms with E-state index in [1.807, 2.05) is 58.0 Å². The number of amides is 1. The molecule has 1 aromatic rings. The van der Waals surface area contributed by atoms with Crippen LogP contribution < -0.4 is 5.32 Å². The number of esters is 1. The van der Waals surface area contributed by atoms with Gasteiger partial charge < -0.3 is 10.1 Å². The molecular formula is C20H28N2O3. The number of carbonyl (C=O) groups is 2. The number of nitrogens with one attached hydrogen (secondary N) is 1. The van der Waals surface area contributed by atoms with Crippen molar-refractivity contribution in [2.75, 3.05) is 6.61 Å². The Bertz CT molecular complexity index is 622. The number of rotatable bonds is 8. The molecule has 25 heavy (non-hydrogen) atoms. The van der Waals surface area contributed by atoms with Crippen molar-refractivity contribution in [1.29, 1.82) is 5.26 Å². The lowest BCUT2D eigenvalue weighted by Gasteiger charge is -2.27. The highest BCUT2D eigenvalue weighted by Crippen LogP contribution is 2.28. The summed E-state index contributed by atoms with van der Waals surface area (Å²) in [4.78, 5) is 24.6. The first-order chi connectivity index (χ1) is 11.7. The number of hydrogen-bond acceptors (Lipinski definition) is 4. The van der Waals surface area contributed by atoms with Crippen molar-refractivity contribution < 1.29 is 14.3 Å². The second-order valence-electron chi connectivity index (χ2n) is 6.90. The van der Waals surface area contributed by atoms with Gasteiger partial charge in [0.15, 0.2) is 6.61 Å².